The van der Waals surface area contributed by atoms with Crippen molar-refractivity contribution >= 4 is 16.7 Å². The van der Waals surface area contributed by atoms with Crippen LogP contribution in [0, 0.1) is 10.1 Å². The van der Waals surface area contributed by atoms with Crippen molar-refractivity contribution in [1.82, 2.24) is 15.0 Å². The normalized spacial score (nSPS) is 10.8. The Bertz CT molecular complexity index is 1040. The van der Waals surface area contributed by atoms with E-state index in [-0.39, 0.29) is 10.6 Å². The van der Waals surface area contributed by atoms with Gasteiger partial charge in [0.25, 0.3) is 5.69 Å². The van der Waals surface area contributed by atoms with E-state index < -0.39 is 0 Å². The van der Waals surface area contributed by atoms with E-state index >= 15 is 0 Å². The molecule has 0 unspecified atom stereocenters. The van der Waals surface area contributed by atoms with Crippen molar-refractivity contribution in [1.29, 1.82) is 0 Å². The fraction of sp³-hybridized carbons (Fsp3) is 0. The van der Waals surface area contributed by atoms with E-state index in [2.05, 4.69) is 10.3 Å². The number of para-hydroxylation sites is 2. The molecule has 24 heavy (non-hydrogen) atoms. The molecule has 0 amide bonds. The first-order chi connectivity index (χ1) is 11.7. The lowest BCUT2D eigenvalue weighted by Crippen LogP contribution is -1.96. The zero-order chi connectivity index (χ0) is 16.5. The van der Waals surface area contributed by atoms with Crippen LogP contribution in [0.15, 0.2) is 72.8 Å². The van der Waals surface area contributed by atoms with Crippen LogP contribution < -0.4 is 0 Å². The molecule has 0 aliphatic rings. The fourth-order valence-electron chi connectivity index (χ4n) is 2.72. The lowest BCUT2D eigenvalue weighted by molar-refractivity contribution is -0.384. The standard InChI is InChI=1S/C18H12N4O2/c23-22(24)17-9-5-4-8-15(17)13-10-11-16-18(12-13)21(20-19-16)14-6-2-1-3-7-14/h1-12H. The zero-order valence-corrected chi connectivity index (χ0v) is 12.5. The molecule has 0 spiro atoms. The van der Waals surface area contributed by atoms with Crippen LogP contribution in [0.25, 0.3) is 27.8 Å². The monoisotopic (exact) mass is 316 g/mol. The predicted octanol–water partition coefficient (Wildman–Crippen LogP) is 4.00. The van der Waals surface area contributed by atoms with Gasteiger partial charge in [0, 0.05) is 6.07 Å². The molecular formula is C18H12N4O2. The van der Waals surface area contributed by atoms with Crippen molar-refractivity contribution in [2.45, 2.75) is 0 Å². The largest absolute Gasteiger partial charge is 0.277 e. The highest BCUT2D eigenvalue weighted by Crippen LogP contribution is 2.31. The van der Waals surface area contributed by atoms with Crippen LogP contribution in [0.2, 0.25) is 0 Å². The maximum Gasteiger partial charge on any atom is 0.277 e. The Morgan fingerprint density at radius 1 is 0.917 bits per heavy atom. The molecule has 6 heteroatoms. The van der Waals surface area contributed by atoms with Crippen LogP contribution >= 0.6 is 0 Å². The molecule has 3 aromatic carbocycles. The average molecular weight is 316 g/mol. The number of fused-ring (bicyclic) bond motifs is 1. The number of aromatic nitrogens is 3. The van der Waals surface area contributed by atoms with E-state index in [1.54, 1.807) is 22.9 Å². The topological polar surface area (TPSA) is 73.8 Å². The third-order valence-electron chi connectivity index (χ3n) is 3.86. The third kappa shape index (κ3) is 2.30. The van der Waals surface area contributed by atoms with Crippen molar-refractivity contribution < 1.29 is 4.92 Å². The first-order valence-corrected chi connectivity index (χ1v) is 7.39. The van der Waals surface area contributed by atoms with E-state index in [1.165, 1.54) is 6.07 Å². The SMILES string of the molecule is O=[N+]([O-])c1ccccc1-c1ccc2nnn(-c3ccccc3)c2c1. The van der Waals surface area contributed by atoms with Gasteiger partial charge in [0.2, 0.25) is 0 Å². The molecule has 6 nitrogen and oxygen atoms in total. The Hall–Kier alpha value is -3.54. The highest BCUT2D eigenvalue weighted by Gasteiger charge is 2.16. The van der Waals surface area contributed by atoms with Gasteiger partial charge in [0.15, 0.2) is 0 Å². The van der Waals surface area contributed by atoms with Gasteiger partial charge in [0.1, 0.15) is 5.52 Å². The minimum absolute atomic E-state index is 0.0792. The van der Waals surface area contributed by atoms with Crippen molar-refractivity contribution in [3.63, 3.8) is 0 Å². The maximum atomic E-state index is 11.3. The number of nitro benzene ring substituents is 1. The van der Waals surface area contributed by atoms with Gasteiger partial charge in [-0.15, -0.1) is 5.10 Å². The summed E-state index contributed by atoms with van der Waals surface area (Å²) in [6, 6.07) is 21.9. The minimum Gasteiger partial charge on any atom is -0.258 e. The smallest absolute Gasteiger partial charge is 0.258 e. The Kier molecular flexibility index (Phi) is 3.28. The molecule has 0 radical (unpaired) electrons. The number of rotatable bonds is 3. The molecule has 1 aromatic heterocycles. The number of hydrogen-bond acceptors (Lipinski definition) is 4. The lowest BCUT2D eigenvalue weighted by Gasteiger charge is -2.05. The van der Waals surface area contributed by atoms with Gasteiger partial charge in [-0.25, -0.2) is 4.68 Å². The second kappa shape index (κ2) is 5.58. The lowest BCUT2D eigenvalue weighted by atomic mass is 10.0. The van der Waals surface area contributed by atoms with Crippen LogP contribution in [0.1, 0.15) is 0 Å². The maximum absolute atomic E-state index is 11.3. The summed E-state index contributed by atoms with van der Waals surface area (Å²) in [6.07, 6.45) is 0. The summed E-state index contributed by atoms with van der Waals surface area (Å²) in [5, 5.41) is 19.6. The molecule has 116 valence electrons. The van der Waals surface area contributed by atoms with Gasteiger partial charge in [-0.2, -0.15) is 0 Å². The van der Waals surface area contributed by atoms with Gasteiger partial charge < -0.3 is 0 Å². The molecule has 0 N–H and O–H groups in total. The van der Waals surface area contributed by atoms with Gasteiger partial charge in [-0.05, 0) is 35.9 Å². The minimum atomic E-state index is -0.369. The Morgan fingerprint density at radius 3 is 2.46 bits per heavy atom. The second-order valence-electron chi connectivity index (χ2n) is 5.31. The van der Waals surface area contributed by atoms with Crippen molar-refractivity contribution in [3.8, 4) is 16.8 Å². The summed E-state index contributed by atoms with van der Waals surface area (Å²) in [6.45, 7) is 0. The molecule has 0 aliphatic heterocycles. The molecule has 0 saturated heterocycles. The molecule has 4 aromatic rings. The zero-order valence-electron chi connectivity index (χ0n) is 12.5. The summed E-state index contributed by atoms with van der Waals surface area (Å²) in [5.41, 5.74) is 3.84. The van der Waals surface area contributed by atoms with Crippen LogP contribution in [0.5, 0.6) is 0 Å². The van der Waals surface area contributed by atoms with E-state index in [4.69, 9.17) is 0 Å². The quantitative estimate of drug-likeness (QED) is 0.423. The van der Waals surface area contributed by atoms with E-state index in [0.29, 0.717) is 5.56 Å². The van der Waals surface area contributed by atoms with E-state index in [0.717, 1.165) is 22.3 Å². The summed E-state index contributed by atoms with van der Waals surface area (Å²) in [7, 11) is 0. The average Bonchev–Trinajstić information content (AvgIpc) is 3.05. The van der Waals surface area contributed by atoms with Gasteiger partial charge in [0.05, 0.1) is 21.7 Å². The first kappa shape index (κ1) is 14.1. The number of nitrogens with zero attached hydrogens (tertiary/aromatic N) is 4. The third-order valence-corrected chi connectivity index (χ3v) is 3.86. The molecule has 1 heterocycles. The molecule has 0 aliphatic carbocycles. The summed E-state index contributed by atoms with van der Waals surface area (Å²) < 4.78 is 1.73. The molecule has 0 atom stereocenters. The molecule has 0 bridgehead atoms. The van der Waals surface area contributed by atoms with Gasteiger partial charge in [-0.1, -0.05) is 41.6 Å². The highest BCUT2D eigenvalue weighted by molar-refractivity contribution is 5.85. The first-order valence-electron chi connectivity index (χ1n) is 7.39. The van der Waals surface area contributed by atoms with E-state index in [1.807, 2.05) is 48.5 Å². The second-order valence-corrected chi connectivity index (χ2v) is 5.31. The van der Waals surface area contributed by atoms with E-state index in [9.17, 15) is 10.1 Å². The van der Waals surface area contributed by atoms with Crippen molar-refractivity contribution in [2.75, 3.05) is 0 Å². The number of benzene rings is 3. The number of hydrogen-bond donors (Lipinski definition) is 0. The van der Waals surface area contributed by atoms with Crippen LogP contribution in [-0.4, -0.2) is 19.9 Å². The van der Waals surface area contributed by atoms with Crippen LogP contribution in [0.3, 0.4) is 0 Å². The summed E-state index contributed by atoms with van der Waals surface area (Å²) >= 11 is 0. The number of nitro groups is 1. The summed E-state index contributed by atoms with van der Waals surface area (Å²) in [5.74, 6) is 0. The molecular weight excluding hydrogens is 304 g/mol. The van der Waals surface area contributed by atoms with Crippen LogP contribution in [-0.2, 0) is 0 Å². The van der Waals surface area contributed by atoms with Gasteiger partial charge >= 0.3 is 0 Å². The van der Waals surface area contributed by atoms with Crippen LogP contribution in [0.4, 0.5) is 5.69 Å². The molecule has 4 rings (SSSR count). The Labute approximate surface area is 137 Å². The Morgan fingerprint density at radius 2 is 1.67 bits per heavy atom. The Balaban J connectivity index is 1.92. The molecule has 0 fully saturated rings. The predicted molar refractivity (Wildman–Crippen MR) is 91.0 cm³/mol. The fourth-order valence-corrected chi connectivity index (χ4v) is 2.72. The van der Waals surface area contributed by atoms with Crippen molar-refractivity contribution in [2.24, 2.45) is 0 Å². The van der Waals surface area contributed by atoms with Crippen molar-refractivity contribution in [3.05, 3.63) is 82.9 Å². The summed E-state index contributed by atoms with van der Waals surface area (Å²) in [4.78, 5) is 10.9. The molecule has 0 saturated carbocycles. The van der Waals surface area contributed by atoms with Gasteiger partial charge in [-0.3, -0.25) is 10.1 Å². The highest BCUT2D eigenvalue weighted by atomic mass is 16.6.